The highest BCUT2D eigenvalue weighted by molar-refractivity contribution is 6.02. The fourth-order valence-corrected chi connectivity index (χ4v) is 14.1. The second-order valence-corrected chi connectivity index (χ2v) is 33.1. The number of carboxylic acid groups (broad SMARTS) is 1. The molecule has 1 aromatic carbocycles. The third-order valence-corrected chi connectivity index (χ3v) is 21.3. The number of amides is 20. The van der Waals surface area contributed by atoms with Crippen LogP contribution in [0, 0.1) is 16.7 Å². The number of rotatable bonds is 63. The van der Waals surface area contributed by atoms with Gasteiger partial charge in [0.15, 0.2) is 11.9 Å². The summed E-state index contributed by atoms with van der Waals surface area (Å²) in [5.41, 5.74) is 38.9. The summed E-state index contributed by atoms with van der Waals surface area (Å²) in [6.45, 7) is 2.30. The van der Waals surface area contributed by atoms with Crippen molar-refractivity contribution in [2.75, 3.05) is 78.7 Å². The van der Waals surface area contributed by atoms with Gasteiger partial charge in [0.25, 0.3) is 0 Å². The predicted molar refractivity (Wildman–Crippen MR) is 483 cm³/mol. The first-order valence-electron chi connectivity index (χ1n) is 44.6. The Bertz CT molecular complexity index is 4280. The molecule has 2 saturated heterocycles. The number of benzene rings is 1. The van der Waals surface area contributed by atoms with Crippen LogP contribution in [0.4, 0.5) is 0 Å². The molecule has 2 heterocycles. The largest absolute Gasteiger partial charge is 0.481 e. The number of carboxylic acids is 1. The van der Waals surface area contributed by atoms with Gasteiger partial charge in [-0.25, -0.2) is 0 Å². The van der Waals surface area contributed by atoms with Crippen molar-refractivity contribution in [2.24, 2.45) is 46.1 Å². The maximum absolute atomic E-state index is 14.3. The van der Waals surface area contributed by atoms with E-state index in [4.69, 9.17) is 51.0 Å². The molecule has 54 nitrogen and oxygen atoms in total. The van der Waals surface area contributed by atoms with Crippen LogP contribution >= 0.6 is 0 Å². The first-order chi connectivity index (χ1) is 64.2. The molecule has 2 aliphatic heterocycles. The number of unbranched alkanes of at least 4 members (excludes halogenated alkanes) is 2. The maximum atomic E-state index is 14.3. The molecule has 0 spiro atoms. The Morgan fingerprint density at radius 3 is 1.24 bits per heavy atom. The number of nitrogens with one attached hydrogen (secondary N) is 20. The van der Waals surface area contributed by atoms with Gasteiger partial charge in [0.2, 0.25) is 118 Å². The third-order valence-electron chi connectivity index (χ3n) is 21.3. The number of likely N-dealkylation sites (tertiary alicyclic amines) is 2. The number of carbonyl (C=O) groups is 21. The first-order valence-corrected chi connectivity index (χ1v) is 44.6. The Balaban J connectivity index is 1.68. The van der Waals surface area contributed by atoms with Crippen LogP contribution < -0.4 is 136 Å². The van der Waals surface area contributed by atoms with Crippen LogP contribution in [-0.4, -0.2) is 342 Å². The minimum absolute atomic E-state index is 0.000849. The van der Waals surface area contributed by atoms with Crippen molar-refractivity contribution in [1.82, 2.24) is 106 Å². The Morgan fingerprint density at radius 2 is 0.801 bits per heavy atom. The van der Waals surface area contributed by atoms with Crippen molar-refractivity contribution in [1.29, 1.82) is 10.8 Å². The number of hydrogen-bond acceptors (Lipinski definition) is 29. The minimum Gasteiger partial charge on any atom is -0.481 e. The van der Waals surface area contributed by atoms with Crippen molar-refractivity contribution in [3.8, 4) is 0 Å². The van der Waals surface area contributed by atoms with E-state index in [2.05, 4.69) is 95.7 Å². The SMILES string of the molecule is CC(C)C[C@H](NC(=O)[C@H](Cc1ccccc1)NC(=O)CNC(=O)[C@H](CO)NC(=O)[C@@H]1CCCN1C(=O)[C@H](C)NC(=O)[C@H](CCCCN)NC(=O)[C@H](CCCCN)NC(=O)[C@H](CO)NC(=O)CNC(=O)[C@@H]1CCCN1C(=O)[C@H](C)NC(=O)[C@H](CCCNC(=N)N)NC(=O)[C@H](CCC(=O)O)NC(=O)CNC(=O)[C@@H](N)CC(N)=O)C(=O)NCC(=O)N[C@H](C(=O)N[C@@H](CCCNC(=N)N)C(N)=O)[C@@H](C)O. The van der Waals surface area contributed by atoms with Crippen LogP contribution in [0.25, 0.3) is 0 Å². The van der Waals surface area contributed by atoms with E-state index < -0.39 is 285 Å². The highest BCUT2D eigenvalue weighted by Crippen LogP contribution is 2.22. The molecular formula is C82H137N29O25. The highest BCUT2D eigenvalue weighted by atomic mass is 16.4. The average molecular weight is 1930 g/mol. The lowest BCUT2D eigenvalue weighted by Crippen LogP contribution is -2.60. The molecule has 0 aromatic heterocycles. The maximum Gasteiger partial charge on any atom is 0.303 e. The molecule has 0 radical (unpaired) electrons. The van der Waals surface area contributed by atoms with Gasteiger partial charge in [-0.1, -0.05) is 44.2 Å². The molecule has 54 heteroatoms. The van der Waals surface area contributed by atoms with Gasteiger partial charge in [-0.05, 0) is 148 Å². The van der Waals surface area contributed by atoms with Crippen LogP contribution in [0.3, 0.4) is 0 Å². The van der Waals surface area contributed by atoms with Gasteiger partial charge in [-0.3, -0.25) is 112 Å². The molecule has 16 atom stereocenters. The second-order valence-electron chi connectivity index (χ2n) is 33.1. The number of aliphatic hydroxyl groups is 3. The molecular weight excluding hydrogens is 1790 g/mol. The molecule has 3 rings (SSSR count). The quantitative estimate of drug-likeness (QED) is 0.0164. The number of nitrogens with two attached hydrogens (primary N) is 7. The van der Waals surface area contributed by atoms with Crippen LogP contribution in [-0.2, 0) is 107 Å². The molecule has 136 heavy (non-hydrogen) atoms. The van der Waals surface area contributed by atoms with E-state index in [1.807, 2.05) is 0 Å². The van der Waals surface area contributed by atoms with Gasteiger partial charge in [0, 0.05) is 39.0 Å². The smallest absolute Gasteiger partial charge is 0.303 e. The van der Waals surface area contributed by atoms with E-state index in [9.17, 15) is 121 Å². The second kappa shape index (κ2) is 61.3. The molecule has 2 aliphatic rings. The van der Waals surface area contributed by atoms with Crippen LogP contribution in [0.2, 0.25) is 0 Å². The Hall–Kier alpha value is -13.6. The summed E-state index contributed by atoms with van der Waals surface area (Å²) < 4.78 is 0. The first kappa shape index (κ1) is 117. The summed E-state index contributed by atoms with van der Waals surface area (Å²) in [4.78, 5) is 284. The van der Waals surface area contributed by atoms with Crippen molar-refractivity contribution in [3.63, 3.8) is 0 Å². The monoisotopic (exact) mass is 1930 g/mol. The molecule has 2 fully saturated rings. The van der Waals surface area contributed by atoms with E-state index in [1.165, 1.54) is 20.8 Å². The molecule has 38 N–H and O–H groups in total. The number of hydrogen-bond donors (Lipinski definition) is 31. The van der Waals surface area contributed by atoms with E-state index in [1.54, 1.807) is 44.2 Å². The van der Waals surface area contributed by atoms with Crippen molar-refractivity contribution in [2.45, 2.75) is 253 Å². The van der Waals surface area contributed by atoms with Gasteiger partial charge in [0.1, 0.15) is 84.6 Å². The van der Waals surface area contributed by atoms with Gasteiger partial charge in [-0.2, -0.15) is 0 Å². The van der Waals surface area contributed by atoms with Gasteiger partial charge >= 0.3 is 5.97 Å². The molecule has 0 unspecified atom stereocenters. The number of guanidine groups is 2. The number of primary amides is 2. The topological polar surface area (TPSA) is 892 Å². The fourth-order valence-electron chi connectivity index (χ4n) is 14.1. The molecule has 760 valence electrons. The lowest BCUT2D eigenvalue weighted by molar-refractivity contribution is -0.142. The predicted octanol–water partition coefficient (Wildman–Crippen LogP) is -13.7. The zero-order valence-corrected chi connectivity index (χ0v) is 76.9. The number of aliphatic hydroxyl groups excluding tert-OH is 3. The summed E-state index contributed by atoms with van der Waals surface area (Å²) in [5, 5.41) is 99.0. The van der Waals surface area contributed by atoms with E-state index in [0.717, 1.165) is 9.80 Å². The van der Waals surface area contributed by atoms with Gasteiger partial charge < -0.3 is 166 Å². The van der Waals surface area contributed by atoms with Crippen LogP contribution in [0.5, 0.6) is 0 Å². The van der Waals surface area contributed by atoms with Crippen LogP contribution in [0.15, 0.2) is 30.3 Å². The van der Waals surface area contributed by atoms with Gasteiger partial charge in [-0.15, -0.1) is 0 Å². The molecule has 1 aromatic rings. The lowest BCUT2D eigenvalue weighted by Gasteiger charge is -2.29. The third kappa shape index (κ3) is 43.2. The number of aliphatic carboxylic acids is 1. The molecule has 0 aliphatic carbocycles. The normalized spacial score (nSPS) is 16.3. The van der Waals surface area contributed by atoms with E-state index >= 15 is 0 Å². The zero-order chi connectivity index (χ0) is 102. The Kier molecular flexibility index (Phi) is 52.6. The van der Waals surface area contributed by atoms with E-state index in [0.29, 0.717) is 18.4 Å². The summed E-state index contributed by atoms with van der Waals surface area (Å²) in [7, 11) is 0. The minimum atomic E-state index is -1.77. The van der Waals surface area contributed by atoms with Gasteiger partial charge in [0.05, 0.1) is 58.0 Å². The molecule has 0 bridgehead atoms. The average Bonchev–Trinajstić information content (AvgIpc) is 1.67. The Morgan fingerprint density at radius 1 is 0.419 bits per heavy atom. The highest BCUT2D eigenvalue weighted by Gasteiger charge is 2.42. The fraction of sp³-hybridized carbons (Fsp3) is 0.646. The summed E-state index contributed by atoms with van der Waals surface area (Å²) in [6, 6.07) is -13.6. The Labute approximate surface area is 784 Å². The number of carbonyl (C=O) groups excluding carboxylic acids is 20. The van der Waals surface area contributed by atoms with E-state index in [-0.39, 0.29) is 141 Å². The lowest BCUT2D eigenvalue weighted by atomic mass is 10.0. The molecule has 0 saturated carbocycles. The summed E-state index contributed by atoms with van der Waals surface area (Å²) in [5.74, 6) is -21.3. The van der Waals surface area contributed by atoms with Crippen LogP contribution in [0.1, 0.15) is 156 Å². The summed E-state index contributed by atoms with van der Waals surface area (Å²) in [6.07, 6.45) is -1.79. The standard InChI is InChI=1S/C82H137N29O25/c1-42(2)33-53(68(124)95-39-63(119)109-65(45(5)114)78(134)103-48(66(87)122)21-13-29-92-81(88)89)107-74(130)54(34-46-17-7-6-8-18-46)101-61(117)37-96-69(125)55(40-112)108-77(133)58-24-16-32-111(58)80(136)44(4)98-70(126)49(19-9-11-27-83)104-72(128)50(20-10-12-28-84)106-75(131)56(41-113)102-62(118)38-97-76(132)57-23-15-31-110(57)79(135)43(3)99-71(127)51(22-14-30-93-82(90)91)105-73(129)52(25-26-64(120)121)100-60(116)36-94-67(123)47(85)35-59(86)115/h6-8,17-18,42-45,47-58,65,112-114H,9-16,19-41,83-85H2,1-5H3,(H2,86,115)(H2,87,122)(H,94,123)(H,95,124)(H,96,125)(H,97,132)(H,98,126)(H,99,127)(H,100,116)(H,101,117)(H,102,118)(H,103,134)(H,104,128)(H,105,129)(H,106,131)(H,107,130)(H,108,133)(H,109,119)(H,120,121)(H4,88,89,92)(H4,90,91,93)/t43-,44-,45+,47-,48-,49-,50-,51-,52-,53-,54-,55-,56-,57-,58-,65-/m0/s1. The zero-order valence-electron chi connectivity index (χ0n) is 76.9. The summed E-state index contributed by atoms with van der Waals surface area (Å²) >= 11 is 0. The molecule has 20 amide bonds. The van der Waals surface area contributed by atoms with Crippen molar-refractivity contribution in [3.05, 3.63) is 35.9 Å². The number of nitrogens with zero attached hydrogens (tertiary/aromatic N) is 2. The van der Waals surface area contributed by atoms with Crippen molar-refractivity contribution < 1.29 is 121 Å². The van der Waals surface area contributed by atoms with Crippen molar-refractivity contribution >= 4 is 136 Å².